The molecule has 20 heavy (non-hydrogen) atoms. The van der Waals surface area contributed by atoms with Gasteiger partial charge in [-0.2, -0.15) is 0 Å². The predicted molar refractivity (Wildman–Crippen MR) is 81.8 cm³/mol. The molecule has 0 atom stereocenters. The standard InChI is InChI=1S/C16H19N3O/c1-2-10-17-14-8-9-15(18-12-14)19-16(20)11-13-6-4-3-5-7-13/h3-9,12,17H,2,10-11H2,1H3,(H,18,19,20). The number of benzene rings is 1. The number of nitrogens with one attached hydrogen (secondary N) is 2. The fourth-order valence-corrected chi connectivity index (χ4v) is 1.81. The van der Waals surface area contributed by atoms with Crippen molar-refractivity contribution in [1.29, 1.82) is 0 Å². The zero-order valence-corrected chi connectivity index (χ0v) is 11.6. The van der Waals surface area contributed by atoms with Crippen LogP contribution in [0.15, 0.2) is 48.7 Å². The van der Waals surface area contributed by atoms with Crippen molar-refractivity contribution in [3.63, 3.8) is 0 Å². The third kappa shape index (κ3) is 4.39. The number of hydrogen-bond acceptors (Lipinski definition) is 3. The quantitative estimate of drug-likeness (QED) is 0.847. The van der Waals surface area contributed by atoms with Crippen molar-refractivity contribution in [1.82, 2.24) is 4.98 Å². The van der Waals surface area contributed by atoms with Crippen molar-refractivity contribution < 1.29 is 4.79 Å². The molecule has 1 heterocycles. The normalized spacial score (nSPS) is 10.1. The van der Waals surface area contributed by atoms with E-state index in [0.717, 1.165) is 24.2 Å². The van der Waals surface area contributed by atoms with Crippen LogP contribution in [0.5, 0.6) is 0 Å². The molecule has 0 saturated carbocycles. The van der Waals surface area contributed by atoms with Gasteiger partial charge in [0.15, 0.2) is 0 Å². The highest BCUT2D eigenvalue weighted by Gasteiger charge is 2.04. The maximum Gasteiger partial charge on any atom is 0.229 e. The largest absolute Gasteiger partial charge is 0.384 e. The predicted octanol–water partition coefficient (Wildman–Crippen LogP) is 3.08. The summed E-state index contributed by atoms with van der Waals surface area (Å²) in [6.07, 6.45) is 3.15. The molecular weight excluding hydrogens is 250 g/mol. The highest BCUT2D eigenvalue weighted by atomic mass is 16.1. The number of rotatable bonds is 6. The van der Waals surface area contributed by atoms with Gasteiger partial charge in [-0.25, -0.2) is 4.98 Å². The van der Waals surface area contributed by atoms with Gasteiger partial charge in [0.25, 0.3) is 0 Å². The van der Waals surface area contributed by atoms with Gasteiger partial charge in [0, 0.05) is 6.54 Å². The molecule has 1 amide bonds. The summed E-state index contributed by atoms with van der Waals surface area (Å²) in [5, 5.41) is 6.04. The van der Waals surface area contributed by atoms with E-state index >= 15 is 0 Å². The Morgan fingerprint density at radius 3 is 2.60 bits per heavy atom. The van der Waals surface area contributed by atoms with Crippen LogP contribution in [0.1, 0.15) is 18.9 Å². The molecule has 2 rings (SSSR count). The number of amides is 1. The summed E-state index contributed by atoms with van der Waals surface area (Å²) in [5.41, 5.74) is 1.96. The number of nitrogens with zero attached hydrogens (tertiary/aromatic N) is 1. The van der Waals surface area contributed by atoms with Crippen LogP contribution in [0.2, 0.25) is 0 Å². The van der Waals surface area contributed by atoms with E-state index in [1.165, 1.54) is 0 Å². The van der Waals surface area contributed by atoms with Gasteiger partial charge in [0.2, 0.25) is 5.91 Å². The Labute approximate surface area is 119 Å². The molecule has 4 heteroatoms. The number of aromatic nitrogens is 1. The van der Waals surface area contributed by atoms with Crippen LogP contribution in [-0.2, 0) is 11.2 Å². The van der Waals surface area contributed by atoms with E-state index in [1.54, 1.807) is 12.3 Å². The van der Waals surface area contributed by atoms with Crippen molar-refractivity contribution in [2.75, 3.05) is 17.2 Å². The Bertz CT molecular complexity index is 537. The number of hydrogen-bond donors (Lipinski definition) is 2. The Balaban J connectivity index is 1.88. The molecule has 0 bridgehead atoms. The van der Waals surface area contributed by atoms with Gasteiger partial charge >= 0.3 is 0 Å². The number of carbonyl (C=O) groups is 1. The minimum absolute atomic E-state index is 0.0574. The van der Waals surface area contributed by atoms with Crippen LogP contribution < -0.4 is 10.6 Å². The van der Waals surface area contributed by atoms with E-state index in [9.17, 15) is 4.79 Å². The second-order valence-electron chi connectivity index (χ2n) is 4.57. The Morgan fingerprint density at radius 1 is 1.15 bits per heavy atom. The van der Waals surface area contributed by atoms with Crippen LogP contribution in [0.3, 0.4) is 0 Å². The zero-order chi connectivity index (χ0) is 14.2. The lowest BCUT2D eigenvalue weighted by Crippen LogP contribution is -2.15. The molecule has 0 radical (unpaired) electrons. The van der Waals surface area contributed by atoms with E-state index in [4.69, 9.17) is 0 Å². The zero-order valence-electron chi connectivity index (χ0n) is 11.6. The van der Waals surface area contributed by atoms with Gasteiger partial charge < -0.3 is 10.6 Å². The van der Waals surface area contributed by atoms with Crippen molar-refractivity contribution in [3.8, 4) is 0 Å². The summed E-state index contributed by atoms with van der Waals surface area (Å²) in [7, 11) is 0. The molecule has 2 N–H and O–H groups in total. The first-order chi connectivity index (χ1) is 9.78. The van der Waals surface area contributed by atoms with Crippen molar-refractivity contribution in [2.45, 2.75) is 19.8 Å². The Kier molecular flexibility index (Phi) is 5.12. The van der Waals surface area contributed by atoms with Gasteiger partial charge in [-0.15, -0.1) is 0 Å². The van der Waals surface area contributed by atoms with Crippen LogP contribution >= 0.6 is 0 Å². The molecule has 0 saturated heterocycles. The van der Waals surface area contributed by atoms with Gasteiger partial charge in [0.05, 0.1) is 18.3 Å². The molecule has 1 aromatic carbocycles. The topological polar surface area (TPSA) is 54.0 Å². The second kappa shape index (κ2) is 7.28. The van der Waals surface area contributed by atoms with Crippen LogP contribution in [0.25, 0.3) is 0 Å². The van der Waals surface area contributed by atoms with E-state index in [-0.39, 0.29) is 5.91 Å². The molecule has 0 aliphatic rings. The summed E-state index contributed by atoms with van der Waals surface area (Å²) in [6, 6.07) is 13.4. The molecule has 0 fully saturated rings. The molecule has 0 aliphatic carbocycles. The third-order valence-corrected chi connectivity index (χ3v) is 2.82. The fourth-order valence-electron chi connectivity index (χ4n) is 1.81. The molecule has 0 unspecified atom stereocenters. The fraction of sp³-hybridized carbons (Fsp3) is 0.250. The maximum atomic E-state index is 11.9. The van der Waals surface area contributed by atoms with Crippen LogP contribution in [0, 0.1) is 0 Å². The highest BCUT2D eigenvalue weighted by Crippen LogP contribution is 2.10. The second-order valence-corrected chi connectivity index (χ2v) is 4.57. The molecule has 1 aromatic heterocycles. The molecule has 104 valence electrons. The Morgan fingerprint density at radius 2 is 1.95 bits per heavy atom. The van der Waals surface area contributed by atoms with Gasteiger partial charge in [-0.3, -0.25) is 4.79 Å². The van der Waals surface area contributed by atoms with Crippen molar-refractivity contribution >= 4 is 17.4 Å². The first-order valence-electron chi connectivity index (χ1n) is 6.81. The summed E-state index contributed by atoms with van der Waals surface area (Å²) < 4.78 is 0. The minimum Gasteiger partial charge on any atom is -0.384 e. The minimum atomic E-state index is -0.0574. The summed E-state index contributed by atoms with van der Waals surface area (Å²) in [4.78, 5) is 16.1. The summed E-state index contributed by atoms with van der Waals surface area (Å²) in [5.74, 6) is 0.519. The lowest BCUT2D eigenvalue weighted by Gasteiger charge is -2.07. The molecule has 0 aliphatic heterocycles. The lowest BCUT2D eigenvalue weighted by atomic mass is 10.1. The number of pyridine rings is 1. The Hall–Kier alpha value is -2.36. The number of anilines is 2. The molecular formula is C16H19N3O. The average molecular weight is 269 g/mol. The first-order valence-corrected chi connectivity index (χ1v) is 6.81. The monoisotopic (exact) mass is 269 g/mol. The van der Waals surface area contributed by atoms with Crippen molar-refractivity contribution in [2.24, 2.45) is 0 Å². The molecule has 4 nitrogen and oxygen atoms in total. The first kappa shape index (κ1) is 14.1. The average Bonchev–Trinajstić information content (AvgIpc) is 2.47. The van der Waals surface area contributed by atoms with Crippen LogP contribution in [0.4, 0.5) is 11.5 Å². The summed E-state index contributed by atoms with van der Waals surface area (Å²) in [6.45, 7) is 3.03. The highest BCUT2D eigenvalue weighted by molar-refractivity contribution is 5.91. The smallest absolute Gasteiger partial charge is 0.229 e. The van der Waals surface area contributed by atoms with E-state index in [1.807, 2.05) is 36.4 Å². The molecule has 0 spiro atoms. The van der Waals surface area contributed by atoms with Crippen molar-refractivity contribution in [3.05, 3.63) is 54.2 Å². The lowest BCUT2D eigenvalue weighted by molar-refractivity contribution is -0.115. The third-order valence-electron chi connectivity index (χ3n) is 2.82. The van der Waals surface area contributed by atoms with E-state index in [2.05, 4.69) is 22.5 Å². The van der Waals surface area contributed by atoms with Crippen LogP contribution in [-0.4, -0.2) is 17.4 Å². The maximum absolute atomic E-state index is 11.9. The van der Waals surface area contributed by atoms with Gasteiger partial charge in [-0.05, 0) is 24.1 Å². The van der Waals surface area contributed by atoms with Gasteiger partial charge in [-0.1, -0.05) is 37.3 Å². The number of carbonyl (C=O) groups excluding carboxylic acids is 1. The molecule has 2 aromatic rings. The van der Waals surface area contributed by atoms with E-state index in [0.29, 0.717) is 12.2 Å². The van der Waals surface area contributed by atoms with E-state index < -0.39 is 0 Å². The SMILES string of the molecule is CCCNc1ccc(NC(=O)Cc2ccccc2)nc1. The van der Waals surface area contributed by atoms with Gasteiger partial charge in [0.1, 0.15) is 5.82 Å². The summed E-state index contributed by atoms with van der Waals surface area (Å²) >= 11 is 0.